The Labute approximate surface area is 131 Å². The molecular weight excluding hydrogens is 328 g/mol. The van der Waals surface area contributed by atoms with Gasteiger partial charge in [0.05, 0.1) is 6.20 Å². The SMILES string of the molecule is CC(C)(CN)c1cc(Br)cc(-c2ccnc3[nH]ncc23)c1. The fourth-order valence-electron chi connectivity index (χ4n) is 2.36. The minimum Gasteiger partial charge on any atom is -0.330 e. The topological polar surface area (TPSA) is 67.6 Å². The van der Waals surface area contributed by atoms with E-state index in [2.05, 4.69) is 63.2 Å². The van der Waals surface area contributed by atoms with E-state index >= 15 is 0 Å². The summed E-state index contributed by atoms with van der Waals surface area (Å²) in [6, 6.07) is 8.44. The molecule has 2 aromatic heterocycles. The van der Waals surface area contributed by atoms with Gasteiger partial charge in [-0.05, 0) is 34.9 Å². The zero-order valence-corrected chi connectivity index (χ0v) is 13.6. The van der Waals surface area contributed by atoms with Gasteiger partial charge in [-0.15, -0.1) is 0 Å². The van der Waals surface area contributed by atoms with Gasteiger partial charge < -0.3 is 5.73 Å². The standard InChI is InChI=1S/C16H17BrN4/c1-16(2,9-18)11-5-10(6-12(17)7-11)13-3-4-19-15-14(13)8-20-21-15/h3-8H,9,18H2,1-2H3,(H,19,20,21). The van der Waals surface area contributed by atoms with E-state index in [4.69, 9.17) is 5.73 Å². The zero-order valence-electron chi connectivity index (χ0n) is 12.0. The fraction of sp³-hybridized carbons (Fsp3) is 0.250. The summed E-state index contributed by atoms with van der Waals surface area (Å²) in [5.41, 5.74) is 10.1. The molecule has 2 heterocycles. The van der Waals surface area contributed by atoms with Crippen molar-refractivity contribution in [3.8, 4) is 11.1 Å². The number of aromatic nitrogens is 3. The lowest BCUT2D eigenvalue weighted by atomic mass is 9.83. The van der Waals surface area contributed by atoms with Crippen LogP contribution in [0.1, 0.15) is 19.4 Å². The maximum Gasteiger partial charge on any atom is 0.155 e. The van der Waals surface area contributed by atoms with Gasteiger partial charge in [0.1, 0.15) is 0 Å². The van der Waals surface area contributed by atoms with Crippen molar-refractivity contribution in [3.63, 3.8) is 0 Å². The second-order valence-corrected chi connectivity index (χ2v) is 6.72. The van der Waals surface area contributed by atoms with E-state index in [1.54, 1.807) is 6.20 Å². The van der Waals surface area contributed by atoms with Crippen LogP contribution in [-0.4, -0.2) is 21.7 Å². The first-order chi connectivity index (χ1) is 10.0. The average molecular weight is 345 g/mol. The summed E-state index contributed by atoms with van der Waals surface area (Å²) in [4.78, 5) is 4.29. The van der Waals surface area contributed by atoms with Crippen LogP contribution in [0.2, 0.25) is 0 Å². The lowest BCUT2D eigenvalue weighted by Gasteiger charge is -2.24. The first kappa shape index (κ1) is 14.2. The molecule has 0 aliphatic rings. The molecule has 0 saturated carbocycles. The van der Waals surface area contributed by atoms with E-state index in [1.165, 1.54) is 5.56 Å². The van der Waals surface area contributed by atoms with E-state index in [1.807, 2.05) is 12.3 Å². The van der Waals surface area contributed by atoms with Gasteiger partial charge in [0.15, 0.2) is 5.65 Å². The Morgan fingerprint density at radius 1 is 1.29 bits per heavy atom. The Morgan fingerprint density at radius 3 is 2.86 bits per heavy atom. The highest BCUT2D eigenvalue weighted by Gasteiger charge is 2.20. The van der Waals surface area contributed by atoms with Crippen molar-refractivity contribution in [2.24, 2.45) is 5.73 Å². The minimum absolute atomic E-state index is 0.0684. The molecule has 21 heavy (non-hydrogen) atoms. The summed E-state index contributed by atoms with van der Waals surface area (Å²) < 4.78 is 1.05. The quantitative estimate of drug-likeness (QED) is 0.762. The van der Waals surface area contributed by atoms with Crippen molar-refractivity contribution < 1.29 is 0 Å². The number of pyridine rings is 1. The molecule has 3 rings (SSSR count). The molecule has 0 saturated heterocycles. The Morgan fingerprint density at radius 2 is 2.10 bits per heavy atom. The third-order valence-electron chi connectivity index (χ3n) is 3.85. The molecule has 0 aliphatic carbocycles. The Kier molecular flexibility index (Phi) is 3.55. The lowest BCUT2D eigenvalue weighted by molar-refractivity contribution is 0.539. The number of benzene rings is 1. The Hall–Kier alpha value is -1.72. The van der Waals surface area contributed by atoms with Crippen LogP contribution in [-0.2, 0) is 5.41 Å². The summed E-state index contributed by atoms with van der Waals surface area (Å²) in [5, 5.41) is 8.01. The molecule has 0 atom stereocenters. The molecule has 108 valence electrons. The summed E-state index contributed by atoms with van der Waals surface area (Å²) in [7, 11) is 0. The number of rotatable bonds is 3. The fourth-order valence-corrected chi connectivity index (χ4v) is 2.85. The van der Waals surface area contributed by atoms with Crippen LogP contribution < -0.4 is 5.73 Å². The van der Waals surface area contributed by atoms with Crippen molar-refractivity contribution >= 4 is 27.0 Å². The highest BCUT2D eigenvalue weighted by Crippen LogP contribution is 2.33. The average Bonchev–Trinajstić information content (AvgIpc) is 2.94. The molecule has 0 bridgehead atoms. The van der Waals surface area contributed by atoms with E-state index in [9.17, 15) is 0 Å². The van der Waals surface area contributed by atoms with Gasteiger partial charge in [0, 0.05) is 28.0 Å². The van der Waals surface area contributed by atoms with Crippen molar-refractivity contribution in [1.82, 2.24) is 15.2 Å². The van der Waals surface area contributed by atoms with Gasteiger partial charge in [0.25, 0.3) is 0 Å². The molecule has 0 amide bonds. The molecule has 4 nitrogen and oxygen atoms in total. The molecule has 1 aromatic carbocycles. The van der Waals surface area contributed by atoms with Gasteiger partial charge in [0.2, 0.25) is 0 Å². The number of halogens is 1. The number of nitrogens with one attached hydrogen (secondary N) is 1. The van der Waals surface area contributed by atoms with E-state index in [-0.39, 0.29) is 5.41 Å². The number of hydrogen-bond donors (Lipinski definition) is 2. The second kappa shape index (κ2) is 5.24. The first-order valence-electron chi connectivity index (χ1n) is 6.81. The maximum atomic E-state index is 5.91. The number of H-pyrrole nitrogens is 1. The van der Waals surface area contributed by atoms with E-state index in [0.29, 0.717) is 6.54 Å². The lowest BCUT2D eigenvalue weighted by Crippen LogP contribution is -2.28. The van der Waals surface area contributed by atoms with Crippen LogP contribution in [0, 0.1) is 0 Å². The van der Waals surface area contributed by atoms with Crippen molar-refractivity contribution in [3.05, 3.63) is 46.7 Å². The van der Waals surface area contributed by atoms with E-state index in [0.717, 1.165) is 26.6 Å². The smallest absolute Gasteiger partial charge is 0.155 e. The van der Waals surface area contributed by atoms with Crippen molar-refractivity contribution in [1.29, 1.82) is 0 Å². The number of nitrogens with two attached hydrogens (primary N) is 1. The predicted molar refractivity (Wildman–Crippen MR) is 89.1 cm³/mol. The summed E-state index contributed by atoms with van der Waals surface area (Å²) in [6.45, 7) is 4.90. The summed E-state index contributed by atoms with van der Waals surface area (Å²) >= 11 is 3.61. The second-order valence-electron chi connectivity index (χ2n) is 5.81. The molecule has 3 aromatic rings. The van der Waals surface area contributed by atoms with E-state index < -0.39 is 0 Å². The van der Waals surface area contributed by atoms with Gasteiger partial charge in [-0.3, -0.25) is 5.10 Å². The maximum absolute atomic E-state index is 5.91. The molecule has 0 radical (unpaired) electrons. The molecule has 0 aliphatic heterocycles. The van der Waals surface area contributed by atoms with Crippen LogP contribution >= 0.6 is 15.9 Å². The van der Waals surface area contributed by atoms with Gasteiger partial charge in [-0.25, -0.2) is 4.98 Å². The minimum atomic E-state index is -0.0684. The van der Waals surface area contributed by atoms with Crippen LogP contribution in [0.3, 0.4) is 0 Å². The van der Waals surface area contributed by atoms with Crippen LogP contribution in [0.25, 0.3) is 22.2 Å². The molecule has 0 fully saturated rings. The Bertz CT molecular complexity index is 792. The highest BCUT2D eigenvalue weighted by atomic mass is 79.9. The monoisotopic (exact) mass is 344 g/mol. The number of fused-ring (bicyclic) bond motifs is 1. The van der Waals surface area contributed by atoms with Crippen LogP contribution in [0.4, 0.5) is 0 Å². The summed E-state index contributed by atoms with van der Waals surface area (Å²) in [6.07, 6.45) is 3.61. The summed E-state index contributed by atoms with van der Waals surface area (Å²) in [5.74, 6) is 0. The zero-order chi connectivity index (χ0) is 15.0. The van der Waals surface area contributed by atoms with Crippen LogP contribution in [0.5, 0.6) is 0 Å². The molecule has 0 spiro atoms. The number of aromatic amines is 1. The third-order valence-corrected chi connectivity index (χ3v) is 4.31. The predicted octanol–water partition coefficient (Wildman–Crippen LogP) is 3.62. The largest absolute Gasteiger partial charge is 0.330 e. The number of hydrogen-bond acceptors (Lipinski definition) is 3. The third kappa shape index (κ3) is 2.59. The molecular formula is C16H17BrN4. The normalized spacial score (nSPS) is 12.0. The molecule has 5 heteroatoms. The van der Waals surface area contributed by atoms with Gasteiger partial charge in [-0.2, -0.15) is 5.10 Å². The molecule has 3 N–H and O–H groups in total. The van der Waals surface area contributed by atoms with Crippen molar-refractivity contribution in [2.75, 3.05) is 6.54 Å². The van der Waals surface area contributed by atoms with Gasteiger partial charge >= 0.3 is 0 Å². The van der Waals surface area contributed by atoms with Gasteiger partial charge in [-0.1, -0.05) is 35.8 Å². The Balaban J connectivity index is 2.21. The highest BCUT2D eigenvalue weighted by molar-refractivity contribution is 9.10. The molecule has 0 unspecified atom stereocenters. The number of nitrogens with zero attached hydrogens (tertiary/aromatic N) is 2. The van der Waals surface area contributed by atoms with Crippen LogP contribution in [0.15, 0.2) is 41.1 Å². The first-order valence-corrected chi connectivity index (χ1v) is 7.60. The van der Waals surface area contributed by atoms with Crippen molar-refractivity contribution in [2.45, 2.75) is 19.3 Å².